The number of rotatable bonds is 6. The fourth-order valence-electron chi connectivity index (χ4n) is 1.69. The fraction of sp³-hybridized carbons (Fsp3) is 0.500. The third kappa shape index (κ3) is 4.21. The van der Waals surface area contributed by atoms with Crippen LogP contribution in [0.15, 0.2) is 18.2 Å². The Hall–Kier alpha value is -1.62. The molecular formula is C14H21FN2O2. The van der Waals surface area contributed by atoms with Gasteiger partial charge in [0, 0.05) is 24.2 Å². The van der Waals surface area contributed by atoms with E-state index in [1.54, 1.807) is 13.0 Å². The minimum absolute atomic E-state index is 0.0111. The molecule has 5 heteroatoms. The third-order valence-electron chi connectivity index (χ3n) is 2.90. The highest BCUT2D eigenvalue weighted by Crippen LogP contribution is 2.26. The topological polar surface area (TPSA) is 50.4 Å². The van der Waals surface area contributed by atoms with Crippen LogP contribution in [0.2, 0.25) is 0 Å². The quantitative estimate of drug-likeness (QED) is 0.829. The van der Waals surface area contributed by atoms with E-state index in [1.807, 2.05) is 20.9 Å². The number of carbonyl (C=O) groups is 1. The molecule has 0 radical (unpaired) electrons. The van der Waals surface area contributed by atoms with Gasteiger partial charge in [0.25, 0.3) is 5.91 Å². The van der Waals surface area contributed by atoms with Crippen molar-refractivity contribution in [2.75, 3.05) is 13.6 Å². The predicted octanol–water partition coefficient (Wildman–Crippen LogP) is 2.01. The lowest BCUT2D eigenvalue weighted by molar-refractivity contribution is -0.127. The van der Waals surface area contributed by atoms with Crippen molar-refractivity contribution >= 4 is 5.91 Å². The normalized spacial score (nSPS) is 13.7. The Labute approximate surface area is 113 Å². The number of hydrogen-bond donors (Lipinski definition) is 2. The Balaban J connectivity index is 2.92. The van der Waals surface area contributed by atoms with Crippen LogP contribution in [-0.2, 0) is 4.79 Å². The van der Waals surface area contributed by atoms with Crippen molar-refractivity contribution in [1.82, 2.24) is 10.6 Å². The van der Waals surface area contributed by atoms with Crippen LogP contribution >= 0.6 is 0 Å². The summed E-state index contributed by atoms with van der Waals surface area (Å²) in [5, 5.41) is 5.74. The SMILES string of the molecule is CCNC(=O)C(C)Oc1cc(F)ccc1C(C)NC. The van der Waals surface area contributed by atoms with Gasteiger partial charge in [0.2, 0.25) is 0 Å². The van der Waals surface area contributed by atoms with Crippen molar-refractivity contribution in [1.29, 1.82) is 0 Å². The van der Waals surface area contributed by atoms with Gasteiger partial charge in [0.15, 0.2) is 6.10 Å². The van der Waals surface area contributed by atoms with Crippen LogP contribution in [-0.4, -0.2) is 25.6 Å². The molecule has 1 amide bonds. The molecule has 0 aliphatic carbocycles. The standard InChI is InChI=1S/C14H21FN2O2/c1-5-17-14(18)10(3)19-13-8-11(15)6-7-12(13)9(2)16-4/h6-10,16H,5H2,1-4H3,(H,17,18). The molecule has 0 bridgehead atoms. The number of carbonyl (C=O) groups excluding carboxylic acids is 1. The van der Waals surface area contributed by atoms with Crippen LogP contribution in [0.3, 0.4) is 0 Å². The van der Waals surface area contributed by atoms with Gasteiger partial charge in [-0.3, -0.25) is 4.79 Å². The molecule has 0 saturated heterocycles. The maximum atomic E-state index is 13.3. The van der Waals surface area contributed by atoms with Gasteiger partial charge in [-0.15, -0.1) is 0 Å². The largest absolute Gasteiger partial charge is 0.480 e. The minimum Gasteiger partial charge on any atom is -0.480 e. The molecule has 1 rings (SSSR count). The van der Waals surface area contributed by atoms with Gasteiger partial charge < -0.3 is 15.4 Å². The minimum atomic E-state index is -0.662. The van der Waals surface area contributed by atoms with Gasteiger partial charge >= 0.3 is 0 Å². The van der Waals surface area contributed by atoms with Crippen molar-refractivity contribution in [3.05, 3.63) is 29.6 Å². The Morgan fingerprint density at radius 3 is 2.68 bits per heavy atom. The van der Waals surface area contributed by atoms with E-state index in [1.165, 1.54) is 12.1 Å². The van der Waals surface area contributed by atoms with Gasteiger partial charge in [0.05, 0.1) is 0 Å². The van der Waals surface area contributed by atoms with Crippen LogP contribution in [0.1, 0.15) is 32.4 Å². The van der Waals surface area contributed by atoms with Gasteiger partial charge in [-0.05, 0) is 33.9 Å². The second-order valence-corrected chi connectivity index (χ2v) is 4.35. The zero-order valence-electron chi connectivity index (χ0n) is 11.8. The fourth-order valence-corrected chi connectivity index (χ4v) is 1.69. The van der Waals surface area contributed by atoms with Crippen LogP contribution in [0.5, 0.6) is 5.75 Å². The van der Waals surface area contributed by atoms with Crippen molar-refractivity contribution < 1.29 is 13.9 Å². The molecule has 19 heavy (non-hydrogen) atoms. The van der Waals surface area contributed by atoms with Crippen molar-refractivity contribution in [3.63, 3.8) is 0 Å². The van der Waals surface area contributed by atoms with Crippen LogP contribution < -0.4 is 15.4 Å². The summed E-state index contributed by atoms with van der Waals surface area (Å²) in [4.78, 5) is 11.6. The number of ether oxygens (including phenoxy) is 1. The first-order valence-electron chi connectivity index (χ1n) is 6.40. The highest BCUT2D eigenvalue weighted by Gasteiger charge is 2.18. The highest BCUT2D eigenvalue weighted by molar-refractivity contribution is 5.80. The van der Waals surface area contributed by atoms with Crippen LogP contribution in [0.4, 0.5) is 4.39 Å². The molecule has 2 atom stereocenters. The van der Waals surface area contributed by atoms with E-state index in [2.05, 4.69) is 10.6 Å². The van der Waals surface area contributed by atoms with Crippen molar-refractivity contribution in [2.24, 2.45) is 0 Å². The number of nitrogens with one attached hydrogen (secondary N) is 2. The molecule has 0 aliphatic heterocycles. The summed E-state index contributed by atoms with van der Waals surface area (Å²) in [6, 6.07) is 4.36. The molecule has 0 spiro atoms. The molecule has 1 aromatic rings. The number of benzene rings is 1. The summed E-state index contributed by atoms with van der Waals surface area (Å²) in [7, 11) is 1.81. The van der Waals surface area contributed by atoms with Gasteiger partial charge in [-0.2, -0.15) is 0 Å². The van der Waals surface area contributed by atoms with Crippen molar-refractivity contribution in [2.45, 2.75) is 32.9 Å². The molecule has 2 unspecified atom stereocenters. The summed E-state index contributed by atoms with van der Waals surface area (Å²) in [6.45, 7) is 5.96. The lowest BCUT2D eigenvalue weighted by Gasteiger charge is -2.20. The maximum absolute atomic E-state index is 13.3. The Morgan fingerprint density at radius 1 is 1.42 bits per heavy atom. The van der Waals surface area contributed by atoms with E-state index in [9.17, 15) is 9.18 Å². The molecule has 0 aromatic heterocycles. The monoisotopic (exact) mass is 268 g/mol. The summed E-state index contributed by atoms with van der Waals surface area (Å²) in [5.74, 6) is -0.208. The molecule has 0 aliphatic rings. The number of likely N-dealkylation sites (N-methyl/N-ethyl adjacent to an activating group) is 1. The summed E-state index contributed by atoms with van der Waals surface area (Å²) >= 11 is 0. The first-order valence-corrected chi connectivity index (χ1v) is 6.40. The lowest BCUT2D eigenvalue weighted by atomic mass is 10.1. The molecule has 0 heterocycles. The maximum Gasteiger partial charge on any atom is 0.260 e. The van der Waals surface area contributed by atoms with Crippen molar-refractivity contribution in [3.8, 4) is 5.75 Å². The van der Waals surface area contributed by atoms with E-state index in [0.717, 1.165) is 5.56 Å². The second-order valence-electron chi connectivity index (χ2n) is 4.35. The van der Waals surface area contributed by atoms with Gasteiger partial charge in [0.1, 0.15) is 11.6 Å². The van der Waals surface area contributed by atoms with E-state index in [-0.39, 0.29) is 17.8 Å². The molecule has 2 N–H and O–H groups in total. The smallest absolute Gasteiger partial charge is 0.260 e. The molecule has 0 fully saturated rings. The lowest BCUT2D eigenvalue weighted by Crippen LogP contribution is -2.36. The highest BCUT2D eigenvalue weighted by atomic mass is 19.1. The molecule has 1 aromatic carbocycles. The Kier molecular flexibility index (Phi) is 5.76. The van der Waals surface area contributed by atoms with Gasteiger partial charge in [-0.25, -0.2) is 4.39 Å². The number of hydrogen-bond acceptors (Lipinski definition) is 3. The Bertz CT molecular complexity index is 437. The van der Waals surface area contributed by atoms with E-state index in [4.69, 9.17) is 4.74 Å². The predicted molar refractivity (Wildman–Crippen MR) is 72.6 cm³/mol. The molecule has 4 nitrogen and oxygen atoms in total. The summed E-state index contributed by atoms with van der Waals surface area (Å²) < 4.78 is 18.9. The first-order chi connectivity index (χ1) is 8.99. The first kappa shape index (κ1) is 15.4. The summed E-state index contributed by atoms with van der Waals surface area (Å²) in [5.41, 5.74) is 0.819. The zero-order chi connectivity index (χ0) is 14.4. The molecule has 106 valence electrons. The number of halogens is 1. The second kappa shape index (κ2) is 7.09. The average molecular weight is 268 g/mol. The van der Waals surface area contributed by atoms with Gasteiger partial charge in [-0.1, -0.05) is 6.07 Å². The zero-order valence-corrected chi connectivity index (χ0v) is 11.8. The van der Waals surface area contributed by atoms with Crippen LogP contribution in [0, 0.1) is 5.82 Å². The summed E-state index contributed by atoms with van der Waals surface area (Å²) in [6.07, 6.45) is -0.662. The Morgan fingerprint density at radius 2 is 2.11 bits per heavy atom. The van der Waals surface area contributed by atoms with E-state index < -0.39 is 6.10 Å². The number of amides is 1. The molecule has 0 saturated carbocycles. The average Bonchev–Trinajstić information content (AvgIpc) is 2.38. The van der Waals surface area contributed by atoms with E-state index >= 15 is 0 Å². The third-order valence-corrected chi connectivity index (χ3v) is 2.90. The van der Waals surface area contributed by atoms with E-state index in [0.29, 0.717) is 12.3 Å². The van der Waals surface area contributed by atoms with Crippen LogP contribution in [0.25, 0.3) is 0 Å². The molecular weight excluding hydrogens is 247 g/mol.